The summed E-state index contributed by atoms with van der Waals surface area (Å²) in [6.45, 7) is 1.91. The largest absolute Gasteiger partial charge is 0.507 e. The van der Waals surface area contributed by atoms with Crippen LogP contribution in [0.25, 0.3) is 0 Å². The molecule has 12 nitrogen and oxygen atoms in total. The molecule has 0 saturated carbocycles. The highest BCUT2D eigenvalue weighted by molar-refractivity contribution is 6.00. The van der Waals surface area contributed by atoms with E-state index in [4.69, 9.17) is 9.47 Å². The minimum atomic E-state index is -1.41. The Morgan fingerprint density at radius 2 is 1.94 bits per heavy atom. The summed E-state index contributed by atoms with van der Waals surface area (Å²) in [7, 11) is 1.39. The second kappa shape index (κ2) is 12.1. The van der Waals surface area contributed by atoms with Crippen molar-refractivity contribution in [2.45, 2.75) is 6.04 Å². The van der Waals surface area contributed by atoms with Crippen LogP contribution in [0.2, 0.25) is 0 Å². The predicted molar refractivity (Wildman–Crippen MR) is 126 cm³/mol. The number of carboxylic acids is 1. The van der Waals surface area contributed by atoms with Gasteiger partial charge in [0.1, 0.15) is 29.9 Å². The molecule has 12 heteroatoms. The van der Waals surface area contributed by atoms with Gasteiger partial charge in [0.05, 0.1) is 31.3 Å². The molecule has 1 heterocycles. The number of phenolic OH excluding ortho intramolecular Hbond substituents is 1. The number of aliphatic carboxylic acids is 1. The Balaban J connectivity index is 1.52. The summed E-state index contributed by atoms with van der Waals surface area (Å²) < 4.78 is 10.7. The number of aliphatic imine (C=N–C) groups is 1. The van der Waals surface area contributed by atoms with Crippen LogP contribution in [0.1, 0.15) is 20.7 Å². The van der Waals surface area contributed by atoms with Crippen molar-refractivity contribution < 1.29 is 34.1 Å². The second-order valence-electron chi connectivity index (χ2n) is 7.39. The number of methoxy groups -OCH3 is 1. The molecule has 186 valence electrons. The monoisotopic (exact) mass is 485 g/mol. The van der Waals surface area contributed by atoms with Gasteiger partial charge in [-0.2, -0.15) is 0 Å². The first kappa shape index (κ1) is 25.1. The van der Waals surface area contributed by atoms with Crippen LogP contribution in [0.15, 0.2) is 47.5 Å². The highest BCUT2D eigenvalue weighted by atomic mass is 16.5. The second-order valence-corrected chi connectivity index (χ2v) is 7.39. The zero-order valence-electron chi connectivity index (χ0n) is 19.0. The molecule has 0 fully saturated rings. The molecule has 0 bridgehead atoms. The maximum Gasteiger partial charge on any atom is 0.328 e. The van der Waals surface area contributed by atoms with Crippen molar-refractivity contribution >= 4 is 23.7 Å². The minimum Gasteiger partial charge on any atom is -0.507 e. The van der Waals surface area contributed by atoms with Crippen molar-refractivity contribution in [1.29, 1.82) is 0 Å². The molecule has 1 aliphatic rings. The summed E-state index contributed by atoms with van der Waals surface area (Å²) in [5, 5.41) is 30.6. The molecular formula is C23H27N5O7. The van der Waals surface area contributed by atoms with Crippen LogP contribution in [0.4, 0.5) is 0 Å². The quantitative estimate of drug-likeness (QED) is 0.239. The number of phenols is 1. The highest BCUT2D eigenvalue weighted by Crippen LogP contribution is 2.23. The summed E-state index contributed by atoms with van der Waals surface area (Å²) in [5.41, 5.74) is 0.0867. The van der Waals surface area contributed by atoms with E-state index in [1.165, 1.54) is 31.4 Å². The van der Waals surface area contributed by atoms with Crippen LogP contribution in [0.3, 0.4) is 0 Å². The molecule has 0 unspecified atom stereocenters. The summed E-state index contributed by atoms with van der Waals surface area (Å²) in [4.78, 5) is 40.8. The van der Waals surface area contributed by atoms with Gasteiger partial charge in [-0.25, -0.2) is 4.79 Å². The topological polar surface area (TPSA) is 171 Å². The molecule has 0 spiro atoms. The number of nitrogens with one attached hydrogen (secondary N) is 4. The lowest BCUT2D eigenvalue weighted by Gasteiger charge is -2.17. The van der Waals surface area contributed by atoms with Crippen molar-refractivity contribution in [2.24, 2.45) is 4.99 Å². The van der Waals surface area contributed by atoms with Gasteiger partial charge in [-0.15, -0.1) is 0 Å². The molecule has 0 radical (unpaired) electrons. The number of para-hydroxylation sites is 1. The number of nitrogens with zero attached hydrogens (tertiary/aromatic N) is 1. The third-order valence-electron chi connectivity index (χ3n) is 4.97. The van der Waals surface area contributed by atoms with Gasteiger partial charge in [-0.05, 0) is 24.3 Å². The lowest BCUT2D eigenvalue weighted by molar-refractivity contribution is -0.139. The van der Waals surface area contributed by atoms with Crippen molar-refractivity contribution in [2.75, 3.05) is 39.9 Å². The molecular weight excluding hydrogens is 458 g/mol. The number of carboxylic acid groups (broad SMARTS) is 1. The number of carbonyl (C=O) groups excluding carboxylic acids is 2. The Kier molecular flexibility index (Phi) is 8.70. The van der Waals surface area contributed by atoms with Gasteiger partial charge in [0.25, 0.3) is 11.8 Å². The van der Waals surface area contributed by atoms with E-state index >= 15 is 0 Å². The Morgan fingerprint density at radius 1 is 1.14 bits per heavy atom. The van der Waals surface area contributed by atoms with Crippen LogP contribution < -0.4 is 30.7 Å². The third-order valence-corrected chi connectivity index (χ3v) is 4.97. The fourth-order valence-electron chi connectivity index (χ4n) is 3.21. The van der Waals surface area contributed by atoms with E-state index in [1.54, 1.807) is 18.2 Å². The Labute approximate surface area is 201 Å². The average Bonchev–Trinajstić information content (AvgIpc) is 3.37. The number of amides is 2. The molecule has 2 aromatic carbocycles. The Morgan fingerprint density at radius 3 is 2.63 bits per heavy atom. The number of hydrogen-bond donors (Lipinski definition) is 6. The molecule has 6 N–H and O–H groups in total. The summed E-state index contributed by atoms with van der Waals surface area (Å²) in [6.07, 6.45) is 0. The van der Waals surface area contributed by atoms with E-state index in [0.717, 1.165) is 13.1 Å². The molecule has 2 amide bonds. The zero-order valence-corrected chi connectivity index (χ0v) is 19.0. The van der Waals surface area contributed by atoms with E-state index in [9.17, 15) is 24.6 Å². The summed E-state index contributed by atoms with van der Waals surface area (Å²) >= 11 is 0. The standard InChI is InChI=1S/C23H27N5O7/c1-34-19-5-3-2-4-16(19)21(31)28-17(22(32)33)13-27-20(30)15-7-6-14(12-18(15)29)35-11-10-26-23-24-8-9-25-23/h2-7,12,17,29H,8-11,13H2,1H3,(H,27,30)(H,28,31)(H,32,33)(H2,24,25,26)/t17-/m0/s1. The van der Waals surface area contributed by atoms with E-state index in [-0.39, 0.29) is 22.6 Å². The van der Waals surface area contributed by atoms with Gasteiger partial charge in [0.15, 0.2) is 5.96 Å². The van der Waals surface area contributed by atoms with E-state index < -0.39 is 30.4 Å². The SMILES string of the molecule is COc1ccccc1C(=O)N[C@@H](CNC(=O)c1ccc(OCCNC2=NCCN2)cc1O)C(=O)O. The number of benzene rings is 2. The zero-order chi connectivity index (χ0) is 25.2. The first-order chi connectivity index (χ1) is 16.9. The van der Waals surface area contributed by atoms with Gasteiger partial charge < -0.3 is 41.0 Å². The van der Waals surface area contributed by atoms with Crippen molar-refractivity contribution in [3.05, 3.63) is 53.6 Å². The maximum absolute atomic E-state index is 12.5. The lowest BCUT2D eigenvalue weighted by Crippen LogP contribution is -2.48. The summed E-state index contributed by atoms with van der Waals surface area (Å²) in [5.74, 6) is -1.70. The lowest BCUT2D eigenvalue weighted by atomic mass is 10.1. The molecule has 1 aliphatic heterocycles. The van der Waals surface area contributed by atoms with Crippen molar-refractivity contribution in [3.8, 4) is 17.2 Å². The average molecular weight is 485 g/mol. The first-order valence-corrected chi connectivity index (χ1v) is 10.8. The van der Waals surface area contributed by atoms with E-state index in [2.05, 4.69) is 26.3 Å². The smallest absolute Gasteiger partial charge is 0.328 e. The van der Waals surface area contributed by atoms with Gasteiger partial charge in [0.2, 0.25) is 0 Å². The van der Waals surface area contributed by atoms with Gasteiger partial charge >= 0.3 is 5.97 Å². The third kappa shape index (κ3) is 7.00. The maximum atomic E-state index is 12.5. The van der Waals surface area contributed by atoms with Crippen LogP contribution in [-0.2, 0) is 4.79 Å². The molecule has 0 aromatic heterocycles. The van der Waals surface area contributed by atoms with Crippen molar-refractivity contribution in [1.82, 2.24) is 21.3 Å². The fraction of sp³-hybridized carbons (Fsp3) is 0.304. The molecule has 2 aromatic rings. The molecule has 3 rings (SSSR count). The van der Waals surface area contributed by atoms with Gasteiger partial charge in [-0.1, -0.05) is 12.1 Å². The Hall–Kier alpha value is -4.48. The van der Waals surface area contributed by atoms with Gasteiger partial charge in [0, 0.05) is 19.2 Å². The molecule has 35 heavy (non-hydrogen) atoms. The van der Waals surface area contributed by atoms with Crippen LogP contribution in [0, 0.1) is 0 Å². The number of ether oxygens (including phenoxy) is 2. The molecule has 0 saturated heterocycles. The number of carbonyl (C=O) groups is 3. The number of aromatic hydroxyl groups is 1. The van der Waals surface area contributed by atoms with Crippen molar-refractivity contribution in [3.63, 3.8) is 0 Å². The number of hydrogen-bond acceptors (Lipinski definition) is 9. The summed E-state index contributed by atoms with van der Waals surface area (Å²) in [6, 6.07) is 9.10. The number of rotatable bonds is 11. The van der Waals surface area contributed by atoms with Crippen LogP contribution in [0.5, 0.6) is 17.2 Å². The molecule has 0 aliphatic carbocycles. The first-order valence-electron chi connectivity index (χ1n) is 10.8. The van der Waals surface area contributed by atoms with Gasteiger partial charge in [-0.3, -0.25) is 14.6 Å². The fourth-order valence-corrected chi connectivity index (χ4v) is 3.21. The molecule has 1 atom stereocenters. The van der Waals surface area contributed by atoms with E-state index in [0.29, 0.717) is 24.9 Å². The highest BCUT2D eigenvalue weighted by Gasteiger charge is 2.24. The minimum absolute atomic E-state index is 0.0693. The number of guanidine groups is 1. The normalized spacial score (nSPS) is 13.1. The Bertz CT molecular complexity index is 1110. The predicted octanol–water partition coefficient (Wildman–Crippen LogP) is -0.0586. The van der Waals surface area contributed by atoms with Crippen LogP contribution >= 0.6 is 0 Å². The van der Waals surface area contributed by atoms with E-state index in [1.807, 2.05) is 0 Å². The van der Waals surface area contributed by atoms with Crippen LogP contribution in [-0.4, -0.2) is 79.9 Å².